The van der Waals surface area contributed by atoms with Gasteiger partial charge in [-0.15, -0.1) is 11.3 Å². The Morgan fingerprint density at radius 1 is 1.24 bits per heavy atom. The highest BCUT2D eigenvalue weighted by atomic mass is 32.1. The van der Waals surface area contributed by atoms with Crippen molar-refractivity contribution in [3.63, 3.8) is 0 Å². The molecule has 2 aromatic rings. The molecule has 2 rings (SSSR count). The molecule has 0 atom stereocenters. The minimum absolute atomic E-state index is 0.0264. The first-order valence-electron chi connectivity index (χ1n) is 6.64. The summed E-state index contributed by atoms with van der Waals surface area (Å²) in [7, 11) is 0. The fourth-order valence-corrected chi connectivity index (χ4v) is 2.52. The van der Waals surface area contributed by atoms with Crippen LogP contribution in [0.15, 0.2) is 35.7 Å². The molecule has 21 heavy (non-hydrogen) atoms. The third-order valence-electron chi connectivity index (χ3n) is 3.10. The zero-order valence-corrected chi connectivity index (χ0v) is 12.5. The molecule has 0 aliphatic rings. The Kier molecular flexibility index (Phi) is 5.22. The van der Waals surface area contributed by atoms with Crippen LogP contribution in [0, 0.1) is 12.7 Å². The third kappa shape index (κ3) is 4.49. The van der Waals surface area contributed by atoms with Gasteiger partial charge in [0.2, 0.25) is 5.91 Å². The van der Waals surface area contributed by atoms with Crippen LogP contribution in [-0.2, 0) is 11.3 Å². The number of Topliss-reactive ketones (excluding diaryl/α,β-unsaturated/α-hetero) is 1. The number of aryl methyl sites for hydroxylation is 1. The molecule has 0 aliphatic carbocycles. The molecule has 0 saturated heterocycles. The molecule has 1 heterocycles. The first-order chi connectivity index (χ1) is 10.1. The molecule has 0 saturated carbocycles. The Labute approximate surface area is 126 Å². The van der Waals surface area contributed by atoms with Crippen LogP contribution >= 0.6 is 11.3 Å². The molecule has 0 aliphatic heterocycles. The van der Waals surface area contributed by atoms with Gasteiger partial charge in [-0.3, -0.25) is 9.59 Å². The molecule has 0 radical (unpaired) electrons. The highest BCUT2D eigenvalue weighted by Crippen LogP contribution is 2.12. The summed E-state index contributed by atoms with van der Waals surface area (Å²) in [5.74, 6) is -0.517. The van der Waals surface area contributed by atoms with Gasteiger partial charge in [0.05, 0.1) is 4.88 Å². The van der Waals surface area contributed by atoms with E-state index in [4.69, 9.17) is 0 Å². The quantitative estimate of drug-likeness (QED) is 0.831. The van der Waals surface area contributed by atoms with E-state index in [-0.39, 0.29) is 36.9 Å². The number of amides is 1. The highest BCUT2D eigenvalue weighted by molar-refractivity contribution is 7.12. The van der Waals surface area contributed by atoms with Crippen molar-refractivity contribution < 1.29 is 14.0 Å². The number of thiophene rings is 1. The predicted octanol–water partition coefficient (Wildman–Crippen LogP) is 3.47. The normalized spacial score (nSPS) is 10.4. The zero-order chi connectivity index (χ0) is 15.2. The van der Waals surface area contributed by atoms with Gasteiger partial charge in [0.25, 0.3) is 0 Å². The van der Waals surface area contributed by atoms with Gasteiger partial charge in [0.1, 0.15) is 5.82 Å². The minimum Gasteiger partial charge on any atom is -0.352 e. The third-order valence-corrected chi connectivity index (χ3v) is 4.01. The molecular formula is C16H16FNO2S. The van der Waals surface area contributed by atoms with Crippen molar-refractivity contribution in [3.8, 4) is 0 Å². The van der Waals surface area contributed by atoms with Crippen LogP contribution in [0.25, 0.3) is 0 Å². The maximum Gasteiger partial charge on any atom is 0.220 e. The topological polar surface area (TPSA) is 46.2 Å². The molecule has 3 nitrogen and oxygen atoms in total. The van der Waals surface area contributed by atoms with E-state index in [1.165, 1.54) is 17.4 Å². The van der Waals surface area contributed by atoms with Gasteiger partial charge in [-0.1, -0.05) is 18.2 Å². The highest BCUT2D eigenvalue weighted by Gasteiger charge is 2.10. The smallest absolute Gasteiger partial charge is 0.220 e. The van der Waals surface area contributed by atoms with Gasteiger partial charge < -0.3 is 5.32 Å². The van der Waals surface area contributed by atoms with E-state index in [1.54, 1.807) is 25.1 Å². The van der Waals surface area contributed by atoms with Crippen molar-refractivity contribution in [3.05, 3.63) is 57.5 Å². The Bertz CT molecular complexity index is 638. The molecule has 0 bridgehead atoms. The van der Waals surface area contributed by atoms with Crippen molar-refractivity contribution in [1.82, 2.24) is 5.32 Å². The fraction of sp³-hybridized carbons (Fsp3) is 0.250. The first-order valence-corrected chi connectivity index (χ1v) is 7.52. The second kappa shape index (κ2) is 7.13. The van der Waals surface area contributed by atoms with E-state index in [0.717, 1.165) is 0 Å². The monoisotopic (exact) mass is 305 g/mol. The maximum absolute atomic E-state index is 13.4. The molecular weight excluding hydrogens is 289 g/mol. The zero-order valence-electron chi connectivity index (χ0n) is 11.7. The van der Waals surface area contributed by atoms with Crippen molar-refractivity contribution in [2.24, 2.45) is 0 Å². The molecule has 0 unspecified atom stereocenters. The maximum atomic E-state index is 13.4. The second-order valence-electron chi connectivity index (χ2n) is 4.76. The summed E-state index contributed by atoms with van der Waals surface area (Å²) in [6.45, 7) is 1.96. The number of benzene rings is 1. The van der Waals surface area contributed by atoms with E-state index in [0.29, 0.717) is 16.0 Å². The van der Waals surface area contributed by atoms with Gasteiger partial charge in [0, 0.05) is 19.4 Å². The molecule has 1 aromatic carbocycles. The lowest BCUT2D eigenvalue weighted by Crippen LogP contribution is -2.23. The number of hydrogen-bond donors (Lipinski definition) is 1. The lowest BCUT2D eigenvalue weighted by molar-refractivity contribution is -0.121. The molecule has 1 amide bonds. The number of carbonyl (C=O) groups is 2. The fourth-order valence-electron chi connectivity index (χ4n) is 1.82. The number of rotatable bonds is 6. The van der Waals surface area contributed by atoms with Crippen LogP contribution in [0.2, 0.25) is 0 Å². The standard InChI is InChI=1S/C16H16FNO2S/c1-11-4-5-12(9-13(11)17)10-18-16(20)7-6-14(19)15-3-2-8-21-15/h2-5,8-9H,6-7,10H2,1H3,(H,18,20). The molecule has 1 aromatic heterocycles. The summed E-state index contributed by atoms with van der Waals surface area (Å²) in [6, 6.07) is 8.42. The van der Waals surface area contributed by atoms with E-state index in [1.807, 2.05) is 11.4 Å². The Hall–Kier alpha value is -2.01. The van der Waals surface area contributed by atoms with Crippen LogP contribution in [0.3, 0.4) is 0 Å². The Morgan fingerprint density at radius 2 is 2.05 bits per heavy atom. The van der Waals surface area contributed by atoms with Crippen LogP contribution < -0.4 is 5.32 Å². The van der Waals surface area contributed by atoms with E-state index in [9.17, 15) is 14.0 Å². The lowest BCUT2D eigenvalue weighted by Gasteiger charge is -2.06. The Morgan fingerprint density at radius 3 is 2.71 bits per heavy atom. The van der Waals surface area contributed by atoms with E-state index < -0.39 is 0 Å². The first kappa shape index (κ1) is 15.4. The largest absolute Gasteiger partial charge is 0.352 e. The van der Waals surface area contributed by atoms with Crippen molar-refractivity contribution in [2.75, 3.05) is 0 Å². The summed E-state index contributed by atoms with van der Waals surface area (Å²) >= 11 is 1.37. The predicted molar refractivity (Wildman–Crippen MR) is 80.9 cm³/mol. The van der Waals surface area contributed by atoms with E-state index in [2.05, 4.69) is 5.32 Å². The van der Waals surface area contributed by atoms with Crippen molar-refractivity contribution in [2.45, 2.75) is 26.3 Å². The molecule has 0 fully saturated rings. The van der Waals surface area contributed by atoms with Crippen LogP contribution in [0.4, 0.5) is 4.39 Å². The van der Waals surface area contributed by atoms with Crippen molar-refractivity contribution >= 4 is 23.0 Å². The number of ketones is 1. The molecule has 0 spiro atoms. The average molecular weight is 305 g/mol. The van der Waals surface area contributed by atoms with Gasteiger partial charge in [-0.2, -0.15) is 0 Å². The van der Waals surface area contributed by atoms with Crippen LogP contribution in [0.5, 0.6) is 0 Å². The molecule has 1 N–H and O–H groups in total. The SMILES string of the molecule is Cc1ccc(CNC(=O)CCC(=O)c2cccs2)cc1F. The summed E-state index contributed by atoms with van der Waals surface area (Å²) in [4.78, 5) is 24.1. The summed E-state index contributed by atoms with van der Waals surface area (Å²) in [6.07, 6.45) is 0.333. The lowest BCUT2D eigenvalue weighted by atomic mass is 10.1. The number of hydrogen-bond acceptors (Lipinski definition) is 3. The summed E-state index contributed by atoms with van der Waals surface area (Å²) in [5.41, 5.74) is 1.28. The summed E-state index contributed by atoms with van der Waals surface area (Å²) in [5, 5.41) is 4.52. The van der Waals surface area contributed by atoms with Gasteiger partial charge >= 0.3 is 0 Å². The van der Waals surface area contributed by atoms with Gasteiger partial charge in [-0.25, -0.2) is 4.39 Å². The van der Waals surface area contributed by atoms with Crippen LogP contribution in [0.1, 0.15) is 33.6 Å². The number of carbonyl (C=O) groups excluding carboxylic acids is 2. The number of halogens is 1. The molecule has 110 valence electrons. The average Bonchev–Trinajstić information content (AvgIpc) is 3.00. The van der Waals surface area contributed by atoms with E-state index >= 15 is 0 Å². The second-order valence-corrected chi connectivity index (χ2v) is 5.71. The summed E-state index contributed by atoms with van der Waals surface area (Å²) < 4.78 is 13.4. The molecule has 5 heteroatoms. The Balaban J connectivity index is 1.77. The number of nitrogens with one attached hydrogen (secondary N) is 1. The van der Waals surface area contributed by atoms with Gasteiger partial charge in [0.15, 0.2) is 5.78 Å². The minimum atomic E-state index is -0.283. The van der Waals surface area contributed by atoms with Gasteiger partial charge in [-0.05, 0) is 35.6 Å². The van der Waals surface area contributed by atoms with Crippen molar-refractivity contribution in [1.29, 1.82) is 0 Å². The van der Waals surface area contributed by atoms with Crippen LogP contribution in [-0.4, -0.2) is 11.7 Å².